The van der Waals surface area contributed by atoms with Crippen LogP contribution in [0.2, 0.25) is 0 Å². The summed E-state index contributed by atoms with van der Waals surface area (Å²) in [7, 11) is -2.59. The van der Waals surface area contributed by atoms with Crippen LogP contribution in [0, 0.1) is 19.8 Å². The number of hydrogen-bond acceptors (Lipinski definition) is 5. The van der Waals surface area contributed by atoms with Gasteiger partial charge in [0.15, 0.2) is 5.78 Å². The Morgan fingerprint density at radius 1 is 1.10 bits per heavy atom. The van der Waals surface area contributed by atoms with Crippen LogP contribution in [0.15, 0.2) is 35.2 Å². The molecular weight excluding hydrogens is 416 g/mol. The van der Waals surface area contributed by atoms with E-state index in [1.54, 1.807) is 43.5 Å². The molecule has 0 aliphatic rings. The first kappa shape index (κ1) is 24.8. The lowest BCUT2D eigenvalue weighted by atomic mass is 10.0. The summed E-state index contributed by atoms with van der Waals surface area (Å²) in [6, 6.07) is 7.17. The molecule has 1 aromatic heterocycles. The topological polar surface area (TPSA) is 85.7 Å². The van der Waals surface area contributed by atoms with E-state index in [9.17, 15) is 18.0 Å². The van der Waals surface area contributed by atoms with E-state index in [2.05, 4.69) is 0 Å². The fraction of sp³-hybridized carbons (Fsp3) is 0.478. The first-order valence-corrected chi connectivity index (χ1v) is 11.8. The Morgan fingerprint density at radius 3 is 2.16 bits per heavy atom. The lowest BCUT2D eigenvalue weighted by molar-refractivity contribution is 0.0587. The Morgan fingerprint density at radius 2 is 1.68 bits per heavy atom. The zero-order valence-electron chi connectivity index (χ0n) is 19.3. The van der Waals surface area contributed by atoms with Crippen molar-refractivity contribution in [1.82, 2.24) is 8.87 Å². The standard InChI is InChI=1S/C23H32N2O5S/c1-8-24-17(5)20(16(4)21(24)23(27)30-7)22(26)18(6)25(14-15(2)3)31(28,29)19-12-10-9-11-13-19/h9-13,15,18H,8,14H2,1-7H3/t18-/m0/s1. The molecule has 0 aliphatic heterocycles. The fourth-order valence-corrected chi connectivity index (χ4v) is 5.68. The van der Waals surface area contributed by atoms with Gasteiger partial charge >= 0.3 is 5.97 Å². The molecule has 0 bridgehead atoms. The number of sulfonamides is 1. The van der Waals surface area contributed by atoms with Gasteiger partial charge in [0.2, 0.25) is 10.0 Å². The van der Waals surface area contributed by atoms with Gasteiger partial charge in [0.25, 0.3) is 0 Å². The number of hydrogen-bond donors (Lipinski definition) is 0. The Labute approximate surface area is 185 Å². The molecule has 0 saturated heterocycles. The predicted molar refractivity (Wildman–Crippen MR) is 120 cm³/mol. The van der Waals surface area contributed by atoms with E-state index < -0.39 is 22.0 Å². The van der Waals surface area contributed by atoms with Crippen molar-refractivity contribution in [3.05, 3.63) is 52.8 Å². The normalized spacial score (nSPS) is 12.9. The highest BCUT2D eigenvalue weighted by Crippen LogP contribution is 2.28. The molecule has 0 radical (unpaired) electrons. The van der Waals surface area contributed by atoms with Crippen molar-refractivity contribution in [3.8, 4) is 0 Å². The van der Waals surface area contributed by atoms with Crippen LogP contribution in [0.1, 0.15) is 59.8 Å². The molecule has 31 heavy (non-hydrogen) atoms. The molecule has 2 rings (SSSR count). The molecule has 1 atom stereocenters. The summed E-state index contributed by atoms with van der Waals surface area (Å²) >= 11 is 0. The van der Waals surface area contributed by atoms with Crippen molar-refractivity contribution in [3.63, 3.8) is 0 Å². The van der Waals surface area contributed by atoms with Gasteiger partial charge in [0.1, 0.15) is 5.69 Å². The number of ketones is 1. The Kier molecular flexibility index (Phi) is 7.83. The van der Waals surface area contributed by atoms with Gasteiger partial charge in [-0.25, -0.2) is 13.2 Å². The summed E-state index contributed by atoms with van der Waals surface area (Å²) < 4.78 is 34.7. The summed E-state index contributed by atoms with van der Waals surface area (Å²) in [6.07, 6.45) is 0. The number of esters is 1. The molecule has 7 nitrogen and oxygen atoms in total. The van der Waals surface area contributed by atoms with Gasteiger partial charge in [-0.2, -0.15) is 4.31 Å². The second-order valence-corrected chi connectivity index (χ2v) is 9.88. The number of benzene rings is 1. The van der Waals surface area contributed by atoms with Crippen LogP contribution in [0.5, 0.6) is 0 Å². The van der Waals surface area contributed by atoms with Gasteiger partial charge in [-0.3, -0.25) is 4.79 Å². The highest BCUT2D eigenvalue weighted by molar-refractivity contribution is 7.89. The third-order valence-corrected chi connectivity index (χ3v) is 7.37. The summed E-state index contributed by atoms with van der Waals surface area (Å²) in [5, 5.41) is 0. The van der Waals surface area contributed by atoms with Crippen LogP contribution in [-0.4, -0.2) is 48.7 Å². The first-order valence-electron chi connectivity index (χ1n) is 10.4. The average molecular weight is 449 g/mol. The molecule has 0 amide bonds. The predicted octanol–water partition coefficient (Wildman–Crippen LogP) is 3.83. The number of nitrogens with zero attached hydrogens (tertiary/aromatic N) is 2. The average Bonchev–Trinajstić information content (AvgIpc) is 3.00. The smallest absolute Gasteiger partial charge is 0.354 e. The van der Waals surface area contributed by atoms with Crippen LogP contribution in [-0.2, 0) is 21.3 Å². The number of aromatic nitrogens is 1. The molecule has 1 heterocycles. The van der Waals surface area contributed by atoms with Crippen molar-refractivity contribution in [2.45, 2.75) is 59.0 Å². The number of carbonyl (C=O) groups excluding carboxylic acids is 2. The SMILES string of the molecule is CCn1c(C)c(C(=O)[C@H](C)N(CC(C)C)S(=O)(=O)c2ccccc2)c(C)c1C(=O)OC. The summed E-state index contributed by atoms with van der Waals surface area (Å²) in [5.74, 6) is -0.848. The van der Waals surface area contributed by atoms with E-state index in [4.69, 9.17) is 4.74 Å². The number of ether oxygens (including phenoxy) is 1. The van der Waals surface area contributed by atoms with Gasteiger partial charge in [-0.05, 0) is 51.3 Å². The lowest BCUT2D eigenvalue weighted by Crippen LogP contribution is -2.45. The quantitative estimate of drug-likeness (QED) is 0.430. The zero-order valence-corrected chi connectivity index (χ0v) is 20.1. The molecule has 0 saturated carbocycles. The van der Waals surface area contributed by atoms with Gasteiger partial charge in [-0.15, -0.1) is 0 Å². The molecule has 0 fully saturated rings. The van der Waals surface area contributed by atoms with E-state index in [1.165, 1.54) is 23.5 Å². The molecule has 0 spiro atoms. The van der Waals surface area contributed by atoms with Gasteiger partial charge in [0, 0.05) is 24.3 Å². The van der Waals surface area contributed by atoms with Gasteiger partial charge < -0.3 is 9.30 Å². The zero-order chi connectivity index (χ0) is 23.5. The van der Waals surface area contributed by atoms with Crippen LogP contribution < -0.4 is 0 Å². The van der Waals surface area contributed by atoms with Crippen LogP contribution >= 0.6 is 0 Å². The molecule has 2 aromatic rings. The number of carbonyl (C=O) groups is 2. The van der Waals surface area contributed by atoms with E-state index in [0.717, 1.165) is 0 Å². The second-order valence-electron chi connectivity index (χ2n) is 7.99. The minimum absolute atomic E-state index is 0.0156. The maximum Gasteiger partial charge on any atom is 0.354 e. The number of rotatable bonds is 9. The molecule has 0 aliphatic carbocycles. The largest absolute Gasteiger partial charge is 0.464 e. The highest BCUT2D eigenvalue weighted by Gasteiger charge is 2.36. The van der Waals surface area contributed by atoms with Crippen LogP contribution in [0.4, 0.5) is 0 Å². The highest BCUT2D eigenvalue weighted by atomic mass is 32.2. The molecule has 0 unspecified atom stereocenters. The maximum atomic E-state index is 13.6. The van der Waals surface area contributed by atoms with Crippen molar-refractivity contribution < 1.29 is 22.7 Å². The van der Waals surface area contributed by atoms with E-state index in [0.29, 0.717) is 29.1 Å². The summed E-state index contributed by atoms with van der Waals surface area (Å²) in [5.41, 5.74) is 1.81. The summed E-state index contributed by atoms with van der Waals surface area (Å²) in [4.78, 5) is 26.1. The van der Waals surface area contributed by atoms with Gasteiger partial charge in [-0.1, -0.05) is 32.0 Å². The molecule has 1 aromatic carbocycles. The lowest BCUT2D eigenvalue weighted by Gasteiger charge is -2.29. The van der Waals surface area contributed by atoms with Crippen molar-refractivity contribution in [2.75, 3.05) is 13.7 Å². The molecule has 8 heteroatoms. The van der Waals surface area contributed by atoms with E-state index in [-0.39, 0.29) is 23.1 Å². The summed E-state index contributed by atoms with van der Waals surface area (Å²) in [6.45, 7) is 11.4. The van der Waals surface area contributed by atoms with Crippen molar-refractivity contribution >= 4 is 21.8 Å². The third-order valence-electron chi connectivity index (χ3n) is 5.41. The molecule has 0 N–H and O–H groups in total. The second kappa shape index (κ2) is 9.78. The Bertz CT molecular complexity index is 1060. The Balaban J connectivity index is 2.59. The molecule has 170 valence electrons. The third kappa shape index (κ3) is 4.75. The van der Waals surface area contributed by atoms with Crippen LogP contribution in [0.3, 0.4) is 0 Å². The fourth-order valence-electron chi connectivity index (χ4n) is 3.91. The molecular formula is C23H32N2O5S. The van der Waals surface area contributed by atoms with E-state index in [1.807, 2.05) is 20.8 Å². The maximum absolute atomic E-state index is 13.6. The first-order chi connectivity index (χ1) is 14.5. The number of Topliss-reactive ketones (excluding diaryl/α,β-unsaturated/α-hetero) is 1. The Hall–Kier alpha value is -2.45. The minimum Gasteiger partial charge on any atom is -0.464 e. The number of methoxy groups -OCH3 is 1. The van der Waals surface area contributed by atoms with Crippen LogP contribution in [0.25, 0.3) is 0 Å². The van der Waals surface area contributed by atoms with Crippen molar-refractivity contribution in [1.29, 1.82) is 0 Å². The van der Waals surface area contributed by atoms with Crippen molar-refractivity contribution in [2.24, 2.45) is 5.92 Å². The van der Waals surface area contributed by atoms with Gasteiger partial charge in [0.05, 0.1) is 18.0 Å². The van der Waals surface area contributed by atoms with E-state index >= 15 is 0 Å². The monoisotopic (exact) mass is 448 g/mol. The minimum atomic E-state index is -3.89.